The van der Waals surface area contributed by atoms with Crippen LogP contribution in [-0.2, 0) is 4.79 Å². The Morgan fingerprint density at radius 1 is 1.11 bits per heavy atom. The third kappa shape index (κ3) is 7.64. The first kappa shape index (κ1) is 31.2. The number of halogens is 3. The van der Waals surface area contributed by atoms with E-state index in [0.29, 0.717) is 40.4 Å². The van der Waals surface area contributed by atoms with Crippen LogP contribution in [0.1, 0.15) is 37.3 Å². The van der Waals surface area contributed by atoms with Crippen molar-refractivity contribution in [3.63, 3.8) is 0 Å². The number of thioether (sulfide) groups is 1. The number of nitrogens with one attached hydrogen (secondary N) is 1. The molecule has 1 fully saturated rings. The van der Waals surface area contributed by atoms with Gasteiger partial charge in [-0.05, 0) is 78.6 Å². The Morgan fingerprint density at radius 2 is 1.84 bits per heavy atom. The molecule has 1 aromatic heterocycles. The molecule has 1 aliphatic rings. The highest BCUT2D eigenvalue weighted by Crippen LogP contribution is 2.34. The van der Waals surface area contributed by atoms with Crippen LogP contribution in [0.3, 0.4) is 0 Å². The molecule has 0 aliphatic carbocycles. The number of aliphatic imine (C=N–C) groups is 1. The van der Waals surface area contributed by atoms with Crippen LogP contribution < -0.4 is 15.0 Å². The molecule has 2 heterocycles. The van der Waals surface area contributed by atoms with E-state index in [1.54, 1.807) is 4.90 Å². The Morgan fingerprint density at radius 3 is 2.52 bits per heavy atom. The second-order valence-electron chi connectivity index (χ2n) is 10.3. The number of amides is 1. The van der Waals surface area contributed by atoms with E-state index >= 15 is 0 Å². The number of anilines is 2. The van der Waals surface area contributed by atoms with Crippen LogP contribution in [0.5, 0.6) is 5.75 Å². The van der Waals surface area contributed by atoms with Crippen molar-refractivity contribution >= 4 is 51.4 Å². The maximum absolute atomic E-state index is 12.8. The predicted molar refractivity (Wildman–Crippen MR) is 172 cm³/mol. The van der Waals surface area contributed by atoms with Gasteiger partial charge >= 0.3 is 6.36 Å². The third-order valence-corrected chi connectivity index (χ3v) is 7.89. The van der Waals surface area contributed by atoms with Crippen LogP contribution in [0.25, 0.3) is 17.1 Å². The van der Waals surface area contributed by atoms with Gasteiger partial charge in [0.25, 0.3) is 0 Å². The van der Waals surface area contributed by atoms with Crippen molar-refractivity contribution in [2.24, 2.45) is 4.99 Å². The molecule has 5 rings (SSSR count). The van der Waals surface area contributed by atoms with E-state index in [4.69, 9.17) is 12.2 Å². The summed E-state index contributed by atoms with van der Waals surface area (Å²) < 4.78 is 42.6. The second-order valence-corrected chi connectivity index (χ2v) is 11.7. The smallest absolute Gasteiger partial charge is 0.406 e. The van der Waals surface area contributed by atoms with Crippen molar-refractivity contribution in [3.8, 4) is 22.8 Å². The van der Waals surface area contributed by atoms with E-state index < -0.39 is 6.36 Å². The summed E-state index contributed by atoms with van der Waals surface area (Å²) in [6.45, 7) is 6.77. The number of thiocarbonyl (C=S) groups is 1. The molecule has 44 heavy (non-hydrogen) atoms. The molecular weight excluding hydrogens is 610 g/mol. The zero-order chi connectivity index (χ0) is 31.4. The Balaban J connectivity index is 1.17. The number of nitrogens with zero attached hydrogens (tertiary/aromatic N) is 5. The maximum Gasteiger partial charge on any atom is 0.573 e. The van der Waals surface area contributed by atoms with Crippen LogP contribution >= 0.6 is 24.0 Å². The number of aromatic nitrogens is 3. The Hall–Kier alpha value is -4.23. The lowest BCUT2D eigenvalue weighted by Gasteiger charge is -2.22. The lowest BCUT2D eigenvalue weighted by molar-refractivity contribution is -0.274. The van der Waals surface area contributed by atoms with Crippen LogP contribution in [0.2, 0.25) is 0 Å². The summed E-state index contributed by atoms with van der Waals surface area (Å²) in [5.74, 6) is 0.728. The number of hydrogen-bond donors (Lipinski definition) is 1. The normalized spacial score (nSPS) is 14.5. The minimum Gasteiger partial charge on any atom is -0.406 e. The summed E-state index contributed by atoms with van der Waals surface area (Å²) in [6.07, 6.45) is -2.75. The number of carbonyl (C=O) groups is 1. The summed E-state index contributed by atoms with van der Waals surface area (Å²) in [6, 6.07) is 19.0. The molecular formula is C31H29F3N6O2S2. The first-order valence-corrected chi connectivity index (χ1v) is 15.2. The highest BCUT2D eigenvalue weighted by atomic mass is 32.2. The number of rotatable bonds is 9. The molecule has 1 aliphatic heterocycles. The fourth-order valence-corrected chi connectivity index (χ4v) is 5.68. The van der Waals surface area contributed by atoms with Crippen LogP contribution in [0.4, 0.5) is 24.5 Å². The van der Waals surface area contributed by atoms with Crippen LogP contribution in [0, 0.1) is 6.92 Å². The molecule has 0 spiro atoms. The largest absolute Gasteiger partial charge is 0.573 e. The fraction of sp³-hybridized carbons (Fsp3) is 0.258. The van der Waals surface area contributed by atoms with E-state index in [1.165, 1.54) is 47.0 Å². The number of hydrogen-bond acceptors (Lipinski definition) is 7. The van der Waals surface area contributed by atoms with Crippen molar-refractivity contribution < 1.29 is 22.7 Å². The molecule has 4 aromatic rings. The standard InChI is InChI=1S/C31H29F3N6O2S2/c1-19(2)25-13-4-20(3)16-26(25)40-28(41)17-44-30(40)37-27(43)14-15-35-22-7-5-21(6-8-22)29-36-18-39(38-29)23-9-11-24(12-10-23)42-31(32,33)34/h4-13,16,18-19,35H,14-15,17H2,1-3H3. The monoisotopic (exact) mass is 638 g/mol. The van der Waals surface area contributed by atoms with Gasteiger partial charge in [-0.3, -0.25) is 9.69 Å². The molecule has 228 valence electrons. The SMILES string of the molecule is Cc1ccc(C(C)C)c(N2C(=O)CSC2=NC(=S)CCNc2ccc(-c3ncn(-c4ccc(OC(F)(F)F)cc4)n3)cc2)c1. The summed E-state index contributed by atoms with van der Waals surface area (Å²) >= 11 is 6.96. The minimum atomic E-state index is -4.75. The van der Waals surface area contributed by atoms with Crippen molar-refractivity contribution in [2.45, 2.75) is 39.5 Å². The first-order valence-electron chi connectivity index (χ1n) is 13.8. The summed E-state index contributed by atoms with van der Waals surface area (Å²) in [4.78, 5) is 24.0. The second kappa shape index (κ2) is 13.2. The molecule has 1 N–H and O–H groups in total. The summed E-state index contributed by atoms with van der Waals surface area (Å²) in [5.41, 5.74) is 5.21. The zero-order valence-electron chi connectivity index (χ0n) is 24.1. The quantitative estimate of drug-likeness (QED) is 0.190. The molecule has 0 atom stereocenters. The number of ether oxygens (including phenoxy) is 1. The molecule has 3 aromatic carbocycles. The summed E-state index contributed by atoms with van der Waals surface area (Å²) in [5, 5.41) is 8.37. The van der Waals surface area contributed by atoms with Gasteiger partial charge in [0.2, 0.25) is 5.91 Å². The highest BCUT2D eigenvalue weighted by molar-refractivity contribution is 8.15. The molecule has 8 nitrogen and oxygen atoms in total. The number of amidine groups is 1. The molecule has 13 heteroatoms. The van der Waals surface area contributed by atoms with E-state index in [-0.39, 0.29) is 17.6 Å². The van der Waals surface area contributed by atoms with Crippen molar-refractivity contribution in [3.05, 3.63) is 84.2 Å². The molecule has 0 radical (unpaired) electrons. The summed E-state index contributed by atoms with van der Waals surface area (Å²) in [7, 11) is 0. The molecule has 0 unspecified atom stereocenters. The van der Waals surface area contributed by atoms with E-state index in [0.717, 1.165) is 28.1 Å². The van der Waals surface area contributed by atoms with Gasteiger partial charge in [-0.2, -0.15) is 0 Å². The van der Waals surface area contributed by atoms with Gasteiger partial charge in [0.1, 0.15) is 17.1 Å². The Kier molecular flexibility index (Phi) is 9.35. The van der Waals surface area contributed by atoms with Crippen molar-refractivity contribution in [1.82, 2.24) is 14.8 Å². The molecule has 0 saturated carbocycles. The Labute approximate surface area is 262 Å². The van der Waals surface area contributed by atoms with Crippen LogP contribution in [-0.4, -0.2) is 49.5 Å². The first-order chi connectivity index (χ1) is 21.0. The zero-order valence-corrected chi connectivity index (χ0v) is 25.8. The Bertz CT molecular complexity index is 1690. The maximum atomic E-state index is 12.8. The van der Waals surface area contributed by atoms with E-state index in [1.807, 2.05) is 37.3 Å². The van der Waals surface area contributed by atoms with E-state index in [2.05, 4.69) is 51.1 Å². The highest BCUT2D eigenvalue weighted by Gasteiger charge is 2.32. The average molecular weight is 639 g/mol. The van der Waals surface area contributed by atoms with Gasteiger partial charge in [0.05, 0.1) is 17.1 Å². The third-order valence-electron chi connectivity index (χ3n) is 6.67. The van der Waals surface area contributed by atoms with Crippen molar-refractivity contribution in [1.29, 1.82) is 0 Å². The fourth-order valence-electron chi connectivity index (χ4n) is 4.55. The van der Waals surface area contributed by atoms with Gasteiger partial charge in [-0.15, -0.1) is 18.3 Å². The number of carbonyl (C=O) groups excluding carboxylic acids is 1. The van der Waals surface area contributed by atoms with Gasteiger partial charge in [-0.25, -0.2) is 14.7 Å². The van der Waals surface area contributed by atoms with Crippen molar-refractivity contribution in [2.75, 3.05) is 22.5 Å². The lowest BCUT2D eigenvalue weighted by atomic mass is 9.99. The molecule has 1 amide bonds. The predicted octanol–water partition coefficient (Wildman–Crippen LogP) is 7.53. The van der Waals surface area contributed by atoms with Gasteiger partial charge in [0.15, 0.2) is 11.0 Å². The number of aryl methyl sites for hydroxylation is 1. The van der Waals surface area contributed by atoms with Gasteiger partial charge < -0.3 is 10.1 Å². The van der Waals surface area contributed by atoms with Crippen LogP contribution in [0.15, 0.2) is 78.0 Å². The molecule has 0 bridgehead atoms. The minimum absolute atomic E-state index is 0.00460. The van der Waals surface area contributed by atoms with Gasteiger partial charge in [-0.1, -0.05) is 50.0 Å². The van der Waals surface area contributed by atoms with Gasteiger partial charge in [0, 0.05) is 24.2 Å². The number of benzene rings is 3. The van der Waals surface area contributed by atoms with E-state index in [9.17, 15) is 18.0 Å². The number of alkyl halides is 3. The topological polar surface area (TPSA) is 84.6 Å². The average Bonchev–Trinajstić information content (AvgIpc) is 3.60. The molecule has 1 saturated heterocycles. The lowest BCUT2D eigenvalue weighted by Crippen LogP contribution is -2.31.